The molecule has 2 heterocycles. The van der Waals surface area contributed by atoms with E-state index < -0.39 is 0 Å². The van der Waals surface area contributed by atoms with Gasteiger partial charge in [-0.2, -0.15) is 0 Å². The van der Waals surface area contributed by atoms with Gasteiger partial charge in [-0.05, 0) is 58.6 Å². The third-order valence-electron chi connectivity index (χ3n) is 4.73. The second-order valence-electron chi connectivity index (χ2n) is 6.63. The molecule has 0 aliphatic carbocycles. The maximum Gasteiger partial charge on any atom is 0.494 e. The Morgan fingerprint density at radius 2 is 1.55 bits per heavy atom. The summed E-state index contributed by atoms with van der Waals surface area (Å²) in [6.07, 6.45) is 0. The lowest BCUT2D eigenvalue weighted by Gasteiger charge is -2.32. The fraction of sp³-hybridized carbons (Fsp3) is 0.500. The molecular formula is C16H21BO3. The maximum atomic E-state index is 6.07. The molecule has 1 fully saturated rings. The number of fused-ring (bicyclic) bond motifs is 1. The van der Waals surface area contributed by atoms with Gasteiger partial charge in [-0.3, -0.25) is 0 Å². The standard InChI is InChI=1S/C16H21BO3/c1-10-11(2)18-14-9-12(7-8-13(10)14)17-19-15(3,4)16(5,6)20-17/h7-9H,1-6H3. The molecule has 0 atom stereocenters. The Balaban J connectivity index is 2.00. The van der Waals surface area contributed by atoms with E-state index in [1.54, 1.807) is 0 Å². The van der Waals surface area contributed by atoms with E-state index in [0.717, 1.165) is 22.2 Å². The lowest BCUT2D eigenvalue weighted by Crippen LogP contribution is -2.41. The van der Waals surface area contributed by atoms with Crippen LogP contribution >= 0.6 is 0 Å². The average Bonchev–Trinajstić information content (AvgIpc) is 2.74. The Bertz CT molecular complexity index is 654. The molecule has 4 heteroatoms. The van der Waals surface area contributed by atoms with Crippen LogP contribution in [0.3, 0.4) is 0 Å². The van der Waals surface area contributed by atoms with Crippen molar-refractivity contribution in [2.75, 3.05) is 0 Å². The van der Waals surface area contributed by atoms with Crippen LogP contribution < -0.4 is 5.46 Å². The van der Waals surface area contributed by atoms with E-state index in [9.17, 15) is 0 Å². The first-order valence-corrected chi connectivity index (χ1v) is 7.06. The predicted molar refractivity (Wildman–Crippen MR) is 81.4 cm³/mol. The Kier molecular flexibility index (Phi) is 2.83. The van der Waals surface area contributed by atoms with E-state index in [-0.39, 0.29) is 18.3 Å². The normalized spacial score (nSPS) is 20.8. The Morgan fingerprint density at radius 1 is 0.950 bits per heavy atom. The van der Waals surface area contributed by atoms with Gasteiger partial charge in [-0.15, -0.1) is 0 Å². The molecule has 0 spiro atoms. The highest BCUT2D eigenvalue weighted by Gasteiger charge is 2.51. The average molecular weight is 272 g/mol. The molecule has 2 aromatic rings. The zero-order valence-electron chi connectivity index (χ0n) is 13.0. The highest BCUT2D eigenvalue weighted by atomic mass is 16.7. The second kappa shape index (κ2) is 4.12. The van der Waals surface area contributed by atoms with Crippen LogP contribution in [0.4, 0.5) is 0 Å². The van der Waals surface area contributed by atoms with Gasteiger partial charge in [0, 0.05) is 5.39 Å². The molecule has 0 N–H and O–H groups in total. The monoisotopic (exact) mass is 272 g/mol. The Morgan fingerprint density at radius 3 is 2.15 bits per heavy atom. The van der Waals surface area contributed by atoms with E-state index in [4.69, 9.17) is 13.7 Å². The number of benzene rings is 1. The maximum absolute atomic E-state index is 6.07. The van der Waals surface area contributed by atoms with Crippen molar-refractivity contribution in [3.8, 4) is 0 Å². The summed E-state index contributed by atoms with van der Waals surface area (Å²) in [5.41, 5.74) is 2.46. The van der Waals surface area contributed by atoms with Crippen LogP contribution in [-0.2, 0) is 9.31 Å². The number of aryl methyl sites for hydroxylation is 2. The van der Waals surface area contributed by atoms with E-state index in [1.165, 1.54) is 5.56 Å². The van der Waals surface area contributed by atoms with Gasteiger partial charge in [0.15, 0.2) is 0 Å². The van der Waals surface area contributed by atoms with Gasteiger partial charge in [0.2, 0.25) is 0 Å². The van der Waals surface area contributed by atoms with E-state index in [0.29, 0.717) is 0 Å². The van der Waals surface area contributed by atoms with Crippen LogP contribution in [0.1, 0.15) is 39.0 Å². The number of hydrogen-bond donors (Lipinski definition) is 0. The number of rotatable bonds is 1. The lowest BCUT2D eigenvalue weighted by molar-refractivity contribution is 0.00578. The molecule has 0 amide bonds. The zero-order valence-corrected chi connectivity index (χ0v) is 13.0. The molecule has 20 heavy (non-hydrogen) atoms. The van der Waals surface area contributed by atoms with Crippen molar-refractivity contribution >= 4 is 23.6 Å². The minimum Gasteiger partial charge on any atom is -0.461 e. The van der Waals surface area contributed by atoms with Crippen LogP contribution in [0.5, 0.6) is 0 Å². The van der Waals surface area contributed by atoms with Crippen molar-refractivity contribution in [2.45, 2.75) is 52.7 Å². The third-order valence-corrected chi connectivity index (χ3v) is 4.73. The summed E-state index contributed by atoms with van der Waals surface area (Å²) in [6.45, 7) is 12.3. The summed E-state index contributed by atoms with van der Waals surface area (Å²) in [7, 11) is -0.338. The van der Waals surface area contributed by atoms with Gasteiger partial charge in [-0.25, -0.2) is 0 Å². The van der Waals surface area contributed by atoms with Gasteiger partial charge >= 0.3 is 7.12 Å². The van der Waals surface area contributed by atoms with Crippen LogP contribution in [0.15, 0.2) is 22.6 Å². The van der Waals surface area contributed by atoms with E-state index >= 15 is 0 Å². The molecular weight excluding hydrogens is 251 g/mol. The van der Waals surface area contributed by atoms with Crippen LogP contribution in [-0.4, -0.2) is 18.3 Å². The van der Waals surface area contributed by atoms with Crippen LogP contribution in [0.2, 0.25) is 0 Å². The second-order valence-corrected chi connectivity index (χ2v) is 6.63. The number of furan rings is 1. The van der Waals surface area contributed by atoms with Crippen molar-refractivity contribution in [1.29, 1.82) is 0 Å². The molecule has 0 bridgehead atoms. The molecule has 3 rings (SSSR count). The highest BCUT2D eigenvalue weighted by Crippen LogP contribution is 2.36. The summed E-state index contributed by atoms with van der Waals surface area (Å²) in [5.74, 6) is 0.964. The first kappa shape index (κ1) is 13.7. The van der Waals surface area contributed by atoms with E-state index in [1.807, 2.05) is 13.0 Å². The fourth-order valence-corrected chi connectivity index (χ4v) is 2.49. The topological polar surface area (TPSA) is 31.6 Å². The molecule has 0 radical (unpaired) electrons. The highest BCUT2D eigenvalue weighted by molar-refractivity contribution is 6.62. The minimum absolute atomic E-state index is 0.318. The van der Waals surface area contributed by atoms with Gasteiger partial charge in [-0.1, -0.05) is 12.1 Å². The fourth-order valence-electron chi connectivity index (χ4n) is 2.49. The number of hydrogen-bond acceptors (Lipinski definition) is 3. The molecule has 0 saturated carbocycles. The quantitative estimate of drug-likeness (QED) is 0.746. The first-order chi connectivity index (χ1) is 9.21. The molecule has 1 saturated heterocycles. The van der Waals surface area contributed by atoms with Crippen LogP contribution in [0, 0.1) is 13.8 Å². The molecule has 106 valence electrons. The smallest absolute Gasteiger partial charge is 0.461 e. The molecule has 1 aliphatic heterocycles. The summed E-state index contributed by atoms with van der Waals surface area (Å²) >= 11 is 0. The largest absolute Gasteiger partial charge is 0.494 e. The molecule has 1 aliphatic rings. The van der Waals surface area contributed by atoms with Gasteiger partial charge in [0.05, 0.1) is 11.2 Å². The lowest BCUT2D eigenvalue weighted by atomic mass is 9.79. The Labute approximate surface area is 120 Å². The van der Waals surface area contributed by atoms with Crippen molar-refractivity contribution in [1.82, 2.24) is 0 Å². The SMILES string of the molecule is Cc1oc2cc(B3OC(C)(C)C(C)(C)O3)ccc2c1C. The first-order valence-electron chi connectivity index (χ1n) is 7.06. The summed E-state index contributed by atoms with van der Waals surface area (Å²) < 4.78 is 17.9. The van der Waals surface area contributed by atoms with Gasteiger partial charge in [0.1, 0.15) is 11.3 Å². The summed E-state index contributed by atoms with van der Waals surface area (Å²) in [5, 5.41) is 1.16. The molecule has 3 nitrogen and oxygen atoms in total. The van der Waals surface area contributed by atoms with Crippen LogP contribution in [0.25, 0.3) is 11.0 Å². The molecule has 1 aromatic carbocycles. The van der Waals surface area contributed by atoms with Crippen molar-refractivity contribution in [2.24, 2.45) is 0 Å². The molecule has 0 unspecified atom stereocenters. The van der Waals surface area contributed by atoms with Gasteiger partial charge < -0.3 is 13.7 Å². The Hall–Kier alpha value is -1.26. The summed E-state index contributed by atoms with van der Waals surface area (Å²) in [6, 6.07) is 6.17. The van der Waals surface area contributed by atoms with Crippen molar-refractivity contribution in [3.05, 3.63) is 29.5 Å². The summed E-state index contributed by atoms with van der Waals surface area (Å²) in [4.78, 5) is 0. The zero-order chi connectivity index (χ0) is 14.7. The van der Waals surface area contributed by atoms with Crippen molar-refractivity contribution < 1.29 is 13.7 Å². The van der Waals surface area contributed by atoms with Gasteiger partial charge in [0.25, 0.3) is 0 Å². The molecule has 1 aromatic heterocycles. The third kappa shape index (κ3) is 1.90. The predicted octanol–water partition coefficient (Wildman–Crippen LogP) is 3.35. The van der Waals surface area contributed by atoms with Crippen molar-refractivity contribution in [3.63, 3.8) is 0 Å². The minimum atomic E-state index is -0.338. The van der Waals surface area contributed by atoms with E-state index in [2.05, 4.69) is 46.8 Å².